The van der Waals surface area contributed by atoms with Gasteiger partial charge in [-0.15, -0.1) is 11.3 Å². The molecule has 16 heavy (non-hydrogen) atoms. The van der Waals surface area contributed by atoms with Crippen molar-refractivity contribution in [1.82, 2.24) is 9.97 Å². The van der Waals surface area contributed by atoms with Crippen LogP contribution in [0.4, 0.5) is 5.95 Å². The Hall–Kier alpha value is -1.93. The smallest absolute Gasteiger partial charge is 0.223 e. The summed E-state index contributed by atoms with van der Waals surface area (Å²) in [7, 11) is 1.79. The average molecular weight is 230 g/mol. The van der Waals surface area contributed by atoms with Gasteiger partial charge in [0.15, 0.2) is 0 Å². The topological polar surface area (TPSA) is 61.6 Å². The van der Waals surface area contributed by atoms with Gasteiger partial charge in [0.05, 0.1) is 10.6 Å². The molecule has 2 aromatic heterocycles. The van der Waals surface area contributed by atoms with E-state index in [1.807, 2.05) is 19.1 Å². The minimum atomic E-state index is 0.599. The fraction of sp³-hybridized carbons (Fsp3) is 0.182. The third-order valence-electron chi connectivity index (χ3n) is 2.05. The average Bonchev–Trinajstić information content (AvgIpc) is 2.76. The number of hydrogen-bond acceptors (Lipinski definition) is 5. The Morgan fingerprint density at radius 2 is 2.19 bits per heavy atom. The fourth-order valence-corrected chi connectivity index (χ4v) is 2.11. The van der Waals surface area contributed by atoms with Gasteiger partial charge in [-0.2, -0.15) is 5.26 Å². The van der Waals surface area contributed by atoms with Crippen molar-refractivity contribution in [2.75, 3.05) is 12.4 Å². The van der Waals surface area contributed by atoms with Crippen molar-refractivity contribution in [2.24, 2.45) is 0 Å². The van der Waals surface area contributed by atoms with Gasteiger partial charge in [0.1, 0.15) is 10.9 Å². The summed E-state index contributed by atoms with van der Waals surface area (Å²) in [5.41, 5.74) is 1.75. The zero-order valence-corrected chi connectivity index (χ0v) is 9.80. The molecule has 0 aliphatic rings. The van der Waals surface area contributed by atoms with E-state index in [4.69, 9.17) is 5.26 Å². The lowest BCUT2D eigenvalue weighted by Gasteiger charge is -2.02. The van der Waals surface area contributed by atoms with E-state index in [0.29, 0.717) is 10.8 Å². The van der Waals surface area contributed by atoms with Crippen LogP contribution in [0.15, 0.2) is 18.2 Å². The molecule has 0 radical (unpaired) electrons. The van der Waals surface area contributed by atoms with Crippen LogP contribution < -0.4 is 5.32 Å². The largest absolute Gasteiger partial charge is 0.357 e. The van der Waals surface area contributed by atoms with Gasteiger partial charge in [-0.1, -0.05) is 0 Å². The van der Waals surface area contributed by atoms with E-state index in [-0.39, 0.29) is 0 Å². The fourth-order valence-electron chi connectivity index (χ4n) is 1.34. The first-order chi connectivity index (χ1) is 7.72. The van der Waals surface area contributed by atoms with Gasteiger partial charge in [0.25, 0.3) is 0 Å². The van der Waals surface area contributed by atoms with Crippen molar-refractivity contribution in [2.45, 2.75) is 6.92 Å². The summed E-state index contributed by atoms with van der Waals surface area (Å²) in [5, 5.41) is 11.7. The number of nitrogens with zero attached hydrogens (tertiary/aromatic N) is 3. The van der Waals surface area contributed by atoms with E-state index in [1.54, 1.807) is 13.1 Å². The van der Waals surface area contributed by atoms with Gasteiger partial charge in [-0.05, 0) is 25.1 Å². The Balaban J connectivity index is 2.47. The first-order valence-corrected chi connectivity index (χ1v) is 5.58. The highest BCUT2D eigenvalue weighted by Crippen LogP contribution is 2.27. The molecule has 0 unspecified atom stereocenters. The summed E-state index contributed by atoms with van der Waals surface area (Å²) >= 11 is 1.43. The van der Waals surface area contributed by atoms with Crippen LogP contribution in [0.3, 0.4) is 0 Å². The summed E-state index contributed by atoms with van der Waals surface area (Å²) in [4.78, 5) is 10.2. The van der Waals surface area contributed by atoms with Gasteiger partial charge < -0.3 is 5.32 Å². The van der Waals surface area contributed by atoms with Gasteiger partial charge in [-0.3, -0.25) is 0 Å². The number of nitrogens with one attached hydrogen (secondary N) is 1. The Labute approximate surface area is 97.6 Å². The first-order valence-electron chi connectivity index (χ1n) is 4.76. The zero-order chi connectivity index (χ0) is 11.5. The quantitative estimate of drug-likeness (QED) is 0.860. The van der Waals surface area contributed by atoms with Crippen molar-refractivity contribution in [3.8, 4) is 16.6 Å². The third-order valence-corrected chi connectivity index (χ3v) is 3.06. The molecule has 2 rings (SSSR count). The molecule has 2 aromatic rings. The summed E-state index contributed by atoms with van der Waals surface area (Å²) in [5.74, 6) is 0.599. The molecule has 2 heterocycles. The van der Waals surface area contributed by atoms with E-state index in [2.05, 4.69) is 21.4 Å². The number of anilines is 1. The molecule has 0 aromatic carbocycles. The van der Waals surface area contributed by atoms with Crippen LogP contribution in [-0.4, -0.2) is 17.0 Å². The second-order valence-corrected chi connectivity index (χ2v) is 4.33. The summed E-state index contributed by atoms with van der Waals surface area (Å²) in [6, 6.07) is 7.74. The predicted octanol–water partition coefficient (Wildman–Crippen LogP) is 2.43. The molecule has 0 spiro atoms. The molecule has 0 atom stereocenters. The predicted molar refractivity (Wildman–Crippen MR) is 64.3 cm³/mol. The summed E-state index contributed by atoms with van der Waals surface area (Å²) in [6.45, 7) is 1.92. The Kier molecular flexibility index (Phi) is 2.84. The number of aromatic nitrogens is 2. The monoisotopic (exact) mass is 230 g/mol. The van der Waals surface area contributed by atoms with Crippen LogP contribution in [-0.2, 0) is 0 Å². The minimum absolute atomic E-state index is 0.599. The highest BCUT2D eigenvalue weighted by atomic mass is 32.1. The van der Waals surface area contributed by atoms with E-state index < -0.39 is 0 Å². The van der Waals surface area contributed by atoms with Crippen LogP contribution in [0.2, 0.25) is 0 Å². The lowest BCUT2D eigenvalue weighted by molar-refractivity contribution is 1.10. The Morgan fingerprint density at radius 3 is 2.81 bits per heavy atom. The highest BCUT2D eigenvalue weighted by molar-refractivity contribution is 7.15. The maximum absolute atomic E-state index is 8.77. The number of rotatable bonds is 2. The maximum atomic E-state index is 8.77. The molecule has 5 heteroatoms. The molecule has 0 bridgehead atoms. The number of hydrogen-bond donors (Lipinski definition) is 1. The van der Waals surface area contributed by atoms with E-state index in [9.17, 15) is 0 Å². The lowest BCUT2D eigenvalue weighted by Crippen LogP contribution is -1.98. The summed E-state index contributed by atoms with van der Waals surface area (Å²) < 4.78 is 0. The minimum Gasteiger partial charge on any atom is -0.357 e. The number of thiophene rings is 1. The molecule has 0 saturated heterocycles. The standard InChI is InChI=1S/C11H10N4S/c1-7-5-9(15-11(13-2)14-7)10-4-3-8(6-12)16-10/h3-5H,1-2H3,(H,13,14,15). The van der Waals surface area contributed by atoms with Crippen LogP contribution in [0.1, 0.15) is 10.6 Å². The van der Waals surface area contributed by atoms with Crippen molar-refractivity contribution in [3.63, 3.8) is 0 Å². The van der Waals surface area contributed by atoms with Crippen LogP contribution >= 0.6 is 11.3 Å². The van der Waals surface area contributed by atoms with Crippen LogP contribution in [0.25, 0.3) is 10.6 Å². The first kappa shape index (κ1) is 10.6. The van der Waals surface area contributed by atoms with Gasteiger partial charge in [0, 0.05) is 12.7 Å². The molecule has 0 aliphatic heterocycles. The van der Waals surface area contributed by atoms with Crippen LogP contribution in [0, 0.1) is 18.3 Å². The molecule has 0 amide bonds. The van der Waals surface area contributed by atoms with Gasteiger partial charge in [-0.25, -0.2) is 9.97 Å². The second-order valence-electron chi connectivity index (χ2n) is 3.24. The van der Waals surface area contributed by atoms with Crippen molar-refractivity contribution in [3.05, 3.63) is 28.8 Å². The molecule has 0 aliphatic carbocycles. The number of aryl methyl sites for hydroxylation is 1. The molecule has 0 saturated carbocycles. The maximum Gasteiger partial charge on any atom is 0.223 e. The summed E-state index contributed by atoms with van der Waals surface area (Å²) in [6.07, 6.45) is 0. The zero-order valence-electron chi connectivity index (χ0n) is 8.98. The Bertz CT molecular complexity index is 553. The van der Waals surface area contributed by atoms with E-state index >= 15 is 0 Å². The van der Waals surface area contributed by atoms with E-state index in [0.717, 1.165) is 16.3 Å². The van der Waals surface area contributed by atoms with Crippen molar-refractivity contribution >= 4 is 17.3 Å². The van der Waals surface area contributed by atoms with Crippen molar-refractivity contribution < 1.29 is 0 Å². The SMILES string of the molecule is CNc1nc(C)cc(-c2ccc(C#N)s2)n1. The van der Waals surface area contributed by atoms with Crippen molar-refractivity contribution in [1.29, 1.82) is 5.26 Å². The second kappa shape index (κ2) is 4.29. The molecule has 1 N–H and O–H groups in total. The third kappa shape index (κ3) is 2.02. The highest BCUT2D eigenvalue weighted by Gasteiger charge is 2.06. The van der Waals surface area contributed by atoms with Gasteiger partial charge >= 0.3 is 0 Å². The molecular formula is C11H10N4S. The molecule has 4 nitrogen and oxygen atoms in total. The number of nitriles is 1. The van der Waals surface area contributed by atoms with E-state index in [1.165, 1.54) is 11.3 Å². The van der Waals surface area contributed by atoms with Crippen LogP contribution in [0.5, 0.6) is 0 Å². The Morgan fingerprint density at radius 1 is 1.38 bits per heavy atom. The molecular weight excluding hydrogens is 220 g/mol. The molecule has 0 fully saturated rings. The molecule has 80 valence electrons. The lowest BCUT2D eigenvalue weighted by atomic mass is 10.3. The van der Waals surface area contributed by atoms with Gasteiger partial charge in [0.2, 0.25) is 5.95 Å². The normalized spacial score (nSPS) is 9.81.